The Morgan fingerprint density at radius 1 is 1.57 bits per heavy atom. The van der Waals surface area contributed by atoms with Crippen LogP contribution >= 0.6 is 11.3 Å². The Morgan fingerprint density at radius 2 is 2.33 bits per heavy atom. The molecule has 1 unspecified atom stereocenters. The maximum absolute atomic E-state index is 12.1. The summed E-state index contributed by atoms with van der Waals surface area (Å²) in [5.74, 6) is -0.450. The molecule has 6 nitrogen and oxygen atoms in total. The fourth-order valence-electron chi connectivity index (χ4n) is 2.48. The summed E-state index contributed by atoms with van der Waals surface area (Å²) in [6, 6.07) is 1.19. The summed E-state index contributed by atoms with van der Waals surface area (Å²) in [6.45, 7) is 5.24. The number of hydrogen-bond acceptors (Lipinski definition) is 5. The number of carboxylic acids is 1. The molecule has 1 atom stereocenters. The molecule has 0 bridgehead atoms. The monoisotopic (exact) mass is 332 g/mol. The maximum Gasteiger partial charge on any atom is 0.345 e. The number of sulfonamides is 1. The standard InChI is InChI=1S/C13H20N2O4S2/c1-10-3-2-5-15(8-10)6-4-14-21(18,19)11-7-12(13(16)17)20-9-11/h7,9-10,14H,2-6,8H2,1H3,(H,16,17). The molecule has 1 aliphatic rings. The predicted molar refractivity (Wildman–Crippen MR) is 81.3 cm³/mol. The van der Waals surface area contributed by atoms with E-state index < -0.39 is 16.0 Å². The Morgan fingerprint density at radius 3 is 2.95 bits per heavy atom. The largest absolute Gasteiger partial charge is 0.477 e. The Labute approximate surface area is 128 Å². The van der Waals surface area contributed by atoms with Crippen molar-refractivity contribution in [2.45, 2.75) is 24.7 Å². The molecule has 8 heteroatoms. The Kier molecular flexibility index (Phi) is 5.37. The summed E-state index contributed by atoms with van der Waals surface area (Å²) in [5, 5.41) is 10.2. The summed E-state index contributed by atoms with van der Waals surface area (Å²) >= 11 is 0.917. The second-order valence-electron chi connectivity index (χ2n) is 5.40. The molecule has 1 aliphatic heterocycles. The second kappa shape index (κ2) is 6.87. The van der Waals surface area contributed by atoms with Gasteiger partial charge in [0, 0.05) is 25.0 Å². The van der Waals surface area contributed by atoms with Crippen molar-refractivity contribution >= 4 is 27.3 Å². The fourth-order valence-corrected chi connectivity index (χ4v) is 4.62. The van der Waals surface area contributed by atoms with Gasteiger partial charge in [-0.05, 0) is 31.4 Å². The van der Waals surface area contributed by atoms with Crippen LogP contribution in [0, 0.1) is 5.92 Å². The van der Waals surface area contributed by atoms with Crippen LogP contribution < -0.4 is 4.72 Å². The molecule has 0 aliphatic carbocycles. The number of nitrogens with one attached hydrogen (secondary N) is 1. The smallest absolute Gasteiger partial charge is 0.345 e. The van der Waals surface area contributed by atoms with E-state index in [-0.39, 0.29) is 9.77 Å². The van der Waals surface area contributed by atoms with E-state index in [0.717, 1.165) is 30.8 Å². The van der Waals surface area contributed by atoms with Crippen molar-refractivity contribution in [3.8, 4) is 0 Å². The van der Waals surface area contributed by atoms with Crippen LogP contribution in [0.2, 0.25) is 0 Å². The SMILES string of the molecule is CC1CCCN(CCNS(=O)(=O)c2csc(C(=O)O)c2)C1. The number of likely N-dealkylation sites (tertiary alicyclic amines) is 1. The van der Waals surface area contributed by atoms with Crippen molar-refractivity contribution in [3.05, 3.63) is 16.3 Å². The van der Waals surface area contributed by atoms with Gasteiger partial charge in [-0.3, -0.25) is 0 Å². The molecule has 2 rings (SSSR count). The maximum atomic E-state index is 12.1. The lowest BCUT2D eigenvalue weighted by Gasteiger charge is -2.30. The molecule has 1 fully saturated rings. The van der Waals surface area contributed by atoms with Crippen molar-refractivity contribution in [2.24, 2.45) is 5.92 Å². The van der Waals surface area contributed by atoms with E-state index in [0.29, 0.717) is 19.0 Å². The predicted octanol–water partition coefficient (Wildman–Crippen LogP) is 1.46. The van der Waals surface area contributed by atoms with Crippen LogP contribution in [0.1, 0.15) is 29.4 Å². The van der Waals surface area contributed by atoms with Crippen molar-refractivity contribution in [3.63, 3.8) is 0 Å². The lowest BCUT2D eigenvalue weighted by Crippen LogP contribution is -2.40. The number of thiophene rings is 1. The zero-order valence-electron chi connectivity index (χ0n) is 11.9. The number of carboxylic acid groups (broad SMARTS) is 1. The number of hydrogen-bond donors (Lipinski definition) is 2. The first-order valence-corrected chi connectivity index (χ1v) is 9.28. The van der Waals surface area contributed by atoms with Crippen molar-refractivity contribution in [1.82, 2.24) is 9.62 Å². The average molecular weight is 332 g/mol. The highest BCUT2D eigenvalue weighted by molar-refractivity contribution is 7.89. The number of piperidine rings is 1. The van der Waals surface area contributed by atoms with Gasteiger partial charge in [-0.15, -0.1) is 11.3 Å². The zero-order chi connectivity index (χ0) is 15.5. The molecule has 0 spiro atoms. The number of nitrogens with zero attached hydrogens (tertiary/aromatic N) is 1. The molecule has 1 saturated heterocycles. The second-order valence-corrected chi connectivity index (χ2v) is 8.08. The van der Waals surface area contributed by atoms with Crippen LogP contribution in [-0.4, -0.2) is 50.6 Å². The van der Waals surface area contributed by atoms with Gasteiger partial charge in [0.1, 0.15) is 4.88 Å². The molecule has 2 N–H and O–H groups in total. The highest BCUT2D eigenvalue weighted by Crippen LogP contribution is 2.19. The quantitative estimate of drug-likeness (QED) is 0.823. The molecule has 0 aromatic carbocycles. The Bertz CT molecular complexity index is 597. The summed E-state index contributed by atoms with van der Waals surface area (Å²) < 4.78 is 26.7. The molecule has 2 heterocycles. The topological polar surface area (TPSA) is 86.7 Å². The molecule has 1 aromatic rings. The molecule has 118 valence electrons. The van der Waals surface area contributed by atoms with Crippen LogP contribution in [0.5, 0.6) is 0 Å². The van der Waals surface area contributed by atoms with Crippen LogP contribution in [0.4, 0.5) is 0 Å². The van der Waals surface area contributed by atoms with Crippen LogP contribution in [-0.2, 0) is 10.0 Å². The minimum absolute atomic E-state index is 0.0249. The van der Waals surface area contributed by atoms with Crippen molar-refractivity contribution < 1.29 is 18.3 Å². The van der Waals surface area contributed by atoms with Gasteiger partial charge in [0.15, 0.2) is 0 Å². The van der Waals surface area contributed by atoms with Crippen LogP contribution in [0.3, 0.4) is 0 Å². The van der Waals surface area contributed by atoms with Crippen LogP contribution in [0.25, 0.3) is 0 Å². The normalized spacial score (nSPS) is 20.5. The molecule has 0 radical (unpaired) electrons. The van der Waals surface area contributed by atoms with Gasteiger partial charge >= 0.3 is 5.97 Å². The molecular formula is C13H20N2O4S2. The van der Waals surface area contributed by atoms with E-state index in [4.69, 9.17) is 5.11 Å². The molecular weight excluding hydrogens is 312 g/mol. The van der Waals surface area contributed by atoms with E-state index in [1.807, 2.05) is 0 Å². The Hall–Kier alpha value is -0.960. The third-order valence-corrected chi connectivity index (χ3v) is 6.07. The minimum Gasteiger partial charge on any atom is -0.477 e. The Balaban J connectivity index is 1.87. The van der Waals surface area contributed by atoms with E-state index in [1.165, 1.54) is 17.9 Å². The molecule has 1 aromatic heterocycles. The van der Waals surface area contributed by atoms with Crippen LogP contribution in [0.15, 0.2) is 16.3 Å². The van der Waals surface area contributed by atoms with Gasteiger partial charge in [-0.2, -0.15) is 0 Å². The van der Waals surface area contributed by atoms with Crippen molar-refractivity contribution in [1.29, 1.82) is 0 Å². The average Bonchev–Trinajstić information content (AvgIpc) is 2.89. The first-order valence-electron chi connectivity index (χ1n) is 6.92. The summed E-state index contributed by atoms with van der Waals surface area (Å²) in [4.78, 5) is 13.1. The highest BCUT2D eigenvalue weighted by atomic mass is 32.2. The zero-order valence-corrected chi connectivity index (χ0v) is 13.5. The van der Waals surface area contributed by atoms with E-state index >= 15 is 0 Å². The first kappa shape index (κ1) is 16.4. The third kappa shape index (κ3) is 4.50. The number of rotatable bonds is 6. The molecule has 0 saturated carbocycles. The summed E-state index contributed by atoms with van der Waals surface area (Å²) in [5.41, 5.74) is 0. The van der Waals surface area contributed by atoms with E-state index in [9.17, 15) is 13.2 Å². The van der Waals surface area contributed by atoms with Gasteiger partial charge in [0.2, 0.25) is 10.0 Å². The van der Waals surface area contributed by atoms with Gasteiger partial charge in [-0.25, -0.2) is 17.9 Å². The lowest BCUT2D eigenvalue weighted by molar-refractivity contribution is 0.0702. The molecule has 21 heavy (non-hydrogen) atoms. The highest BCUT2D eigenvalue weighted by Gasteiger charge is 2.20. The first-order chi connectivity index (χ1) is 9.88. The minimum atomic E-state index is -3.62. The number of carbonyl (C=O) groups is 1. The van der Waals surface area contributed by atoms with Gasteiger partial charge in [-0.1, -0.05) is 6.92 Å². The summed E-state index contributed by atoms with van der Waals surface area (Å²) in [7, 11) is -3.62. The fraction of sp³-hybridized carbons (Fsp3) is 0.615. The lowest BCUT2D eigenvalue weighted by atomic mass is 10.0. The van der Waals surface area contributed by atoms with Gasteiger partial charge < -0.3 is 10.0 Å². The van der Waals surface area contributed by atoms with Crippen molar-refractivity contribution in [2.75, 3.05) is 26.2 Å². The summed E-state index contributed by atoms with van der Waals surface area (Å²) in [6.07, 6.45) is 2.38. The van der Waals surface area contributed by atoms with E-state index in [2.05, 4.69) is 16.5 Å². The van der Waals surface area contributed by atoms with E-state index in [1.54, 1.807) is 0 Å². The van der Waals surface area contributed by atoms with Gasteiger partial charge in [0.05, 0.1) is 4.90 Å². The molecule has 0 amide bonds. The third-order valence-electron chi connectivity index (χ3n) is 3.56. The van der Waals surface area contributed by atoms with Gasteiger partial charge in [0.25, 0.3) is 0 Å². The number of aromatic carboxylic acids is 1.